The van der Waals surface area contributed by atoms with Gasteiger partial charge in [0.1, 0.15) is 11.1 Å². The molecule has 5 nitrogen and oxygen atoms in total. The van der Waals surface area contributed by atoms with Crippen LogP contribution in [-0.2, 0) is 0 Å². The average molecular weight is 270 g/mol. The molecule has 3 N–H and O–H groups in total. The molecular weight excluding hydrogens is 260 g/mol. The summed E-state index contributed by atoms with van der Waals surface area (Å²) in [6.07, 6.45) is 0. The molecule has 5 heteroatoms. The standard InChI is InChI=1S/C15H10O5/c16-9-7-12(8-4-2-1-3-5-8)20-15-11(18)6-10(17)14(19)13(9)15/h1-7,17-19H. The Kier molecular flexibility index (Phi) is 2.61. The summed E-state index contributed by atoms with van der Waals surface area (Å²) >= 11 is 0. The Bertz CT molecular complexity index is 850. The topological polar surface area (TPSA) is 90.9 Å². The minimum atomic E-state index is -0.605. The summed E-state index contributed by atoms with van der Waals surface area (Å²) in [4.78, 5) is 12.1. The third kappa shape index (κ3) is 1.76. The van der Waals surface area contributed by atoms with Crippen LogP contribution in [0.3, 0.4) is 0 Å². The van der Waals surface area contributed by atoms with Crippen molar-refractivity contribution >= 4 is 11.0 Å². The highest BCUT2D eigenvalue weighted by Crippen LogP contribution is 2.38. The van der Waals surface area contributed by atoms with Gasteiger partial charge in [-0.2, -0.15) is 0 Å². The summed E-state index contributed by atoms with van der Waals surface area (Å²) in [5, 5.41) is 28.6. The van der Waals surface area contributed by atoms with Gasteiger partial charge in [0, 0.05) is 17.7 Å². The van der Waals surface area contributed by atoms with Gasteiger partial charge < -0.3 is 19.7 Å². The van der Waals surface area contributed by atoms with Crippen LogP contribution in [0.5, 0.6) is 17.2 Å². The zero-order valence-electron chi connectivity index (χ0n) is 10.2. The molecule has 1 heterocycles. The molecule has 100 valence electrons. The second-order valence-corrected chi connectivity index (χ2v) is 4.31. The Morgan fingerprint density at radius 3 is 2.30 bits per heavy atom. The van der Waals surface area contributed by atoms with Crippen molar-refractivity contribution in [2.45, 2.75) is 0 Å². The smallest absolute Gasteiger partial charge is 0.197 e. The lowest BCUT2D eigenvalue weighted by Crippen LogP contribution is -2.01. The fraction of sp³-hybridized carbons (Fsp3) is 0. The van der Waals surface area contributed by atoms with Crippen LogP contribution in [-0.4, -0.2) is 15.3 Å². The third-order valence-electron chi connectivity index (χ3n) is 2.99. The minimum Gasteiger partial charge on any atom is -0.504 e. The fourth-order valence-electron chi connectivity index (χ4n) is 2.03. The number of hydrogen-bond donors (Lipinski definition) is 3. The molecule has 0 aliphatic heterocycles. The maximum absolute atomic E-state index is 12.1. The number of phenols is 3. The van der Waals surface area contributed by atoms with E-state index in [4.69, 9.17) is 4.42 Å². The van der Waals surface area contributed by atoms with E-state index in [2.05, 4.69) is 0 Å². The maximum Gasteiger partial charge on any atom is 0.197 e. The Hall–Kier alpha value is -2.95. The van der Waals surface area contributed by atoms with Crippen molar-refractivity contribution in [1.29, 1.82) is 0 Å². The Labute approximate surface area is 113 Å². The molecule has 20 heavy (non-hydrogen) atoms. The van der Waals surface area contributed by atoms with E-state index in [1.807, 2.05) is 6.07 Å². The first-order chi connectivity index (χ1) is 9.58. The van der Waals surface area contributed by atoms with Crippen molar-refractivity contribution in [3.05, 3.63) is 52.7 Å². The summed E-state index contributed by atoms with van der Waals surface area (Å²) in [6, 6.07) is 11.0. The number of fused-ring (bicyclic) bond motifs is 1. The van der Waals surface area contributed by atoms with E-state index < -0.39 is 22.7 Å². The SMILES string of the molecule is O=c1cc(-c2ccccc2)oc2c(O)cc(O)c(O)c12. The minimum absolute atomic E-state index is 0.161. The van der Waals surface area contributed by atoms with Crippen molar-refractivity contribution in [2.75, 3.05) is 0 Å². The molecule has 0 bridgehead atoms. The maximum atomic E-state index is 12.1. The fourth-order valence-corrected chi connectivity index (χ4v) is 2.03. The van der Waals surface area contributed by atoms with Gasteiger partial charge in [0.25, 0.3) is 0 Å². The summed E-state index contributed by atoms with van der Waals surface area (Å²) < 4.78 is 5.47. The predicted molar refractivity (Wildman–Crippen MR) is 72.9 cm³/mol. The van der Waals surface area contributed by atoms with Gasteiger partial charge in [-0.25, -0.2) is 0 Å². The summed E-state index contributed by atoms with van der Waals surface area (Å²) in [5.74, 6) is -1.32. The van der Waals surface area contributed by atoms with Gasteiger partial charge in [0.2, 0.25) is 0 Å². The molecule has 0 aliphatic rings. The molecule has 0 amide bonds. The van der Waals surface area contributed by atoms with Gasteiger partial charge in [-0.05, 0) is 0 Å². The molecule has 3 aromatic rings. The number of rotatable bonds is 1. The van der Waals surface area contributed by atoms with Crippen LogP contribution in [0, 0.1) is 0 Å². The average Bonchev–Trinajstić information content (AvgIpc) is 2.45. The van der Waals surface area contributed by atoms with Gasteiger partial charge in [-0.3, -0.25) is 4.79 Å². The van der Waals surface area contributed by atoms with E-state index in [0.717, 1.165) is 6.07 Å². The molecular formula is C15H10O5. The molecule has 0 radical (unpaired) electrons. The molecule has 0 spiro atoms. The monoisotopic (exact) mass is 270 g/mol. The highest BCUT2D eigenvalue weighted by atomic mass is 16.4. The Morgan fingerprint density at radius 2 is 1.60 bits per heavy atom. The third-order valence-corrected chi connectivity index (χ3v) is 2.99. The lowest BCUT2D eigenvalue weighted by molar-refractivity contribution is 0.398. The van der Waals surface area contributed by atoms with Gasteiger partial charge >= 0.3 is 0 Å². The molecule has 0 saturated carbocycles. The predicted octanol–water partition coefficient (Wildman–Crippen LogP) is 2.58. The van der Waals surface area contributed by atoms with Crippen LogP contribution in [0.15, 0.2) is 51.7 Å². The second-order valence-electron chi connectivity index (χ2n) is 4.31. The number of hydrogen-bond acceptors (Lipinski definition) is 5. The Morgan fingerprint density at radius 1 is 0.900 bits per heavy atom. The second kappa shape index (κ2) is 4.31. The largest absolute Gasteiger partial charge is 0.504 e. The highest BCUT2D eigenvalue weighted by Gasteiger charge is 2.17. The molecule has 3 rings (SSSR count). The number of aromatic hydroxyl groups is 3. The quantitative estimate of drug-likeness (QED) is 0.467. The lowest BCUT2D eigenvalue weighted by Gasteiger charge is -2.07. The number of benzene rings is 2. The zero-order valence-corrected chi connectivity index (χ0v) is 10.2. The van der Waals surface area contributed by atoms with Crippen molar-refractivity contribution < 1.29 is 19.7 Å². The van der Waals surface area contributed by atoms with Gasteiger partial charge in [-0.15, -0.1) is 0 Å². The van der Waals surface area contributed by atoms with E-state index in [1.165, 1.54) is 6.07 Å². The summed E-state index contributed by atoms with van der Waals surface area (Å²) in [5.41, 5.74) is -0.0427. The van der Waals surface area contributed by atoms with Crippen molar-refractivity contribution in [2.24, 2.45) is 0 Å². The Balaban J connectivity index is 2.39. The molecule has 0 atom stereocenters. The van der Waals surface area contributed by atoms with Crippen LogP contribution in [0.25, 0.3) is 22.3 Å². The van der Waals surface area contributed by atoms with Crippen molar-refractivity contribution in [3.63, 3.8) is 0 Å². The number of phenolic OH excluding ortho intramolecular Hbond substituents is 3. The zero-order chi connectivity index (χ0) is 14.3. The van der Waals surface area contributed by atoms with Gasteiger partial charge in [-0.1, -0.05) is 30.3 Å². The van der Waals surface area contributed by atoms with Crippen molar-refractivity contribution in [1.82, 2.24) is 0 Å². The first-order valence-electron chi connectivity index (χ1n) is 5.85. The molecule has 1 aromatic heterocycles. The van der Waals surface area contributed by atoms with E-state index in [0.29, 0.717) is 5.56 Å². The van der Waals surface area contributed by atoms with Crippen molar-refractivity contribution in [3.8, 4) is 28.6 Å². The molecule has 0 fully saturated rings. The summed E-state index contributed by atoms with van der Waals surface area (Å²) in [6.45, 7) is 0. The van der Waals surface area contributed by atoms with E-state index in [1.54, 1.807) is 24.3 Å². The van der Waals surface area contributed by atoms with Crippen LogP contribution < -0.4 is 5.43 Å². The molecule has 0 aliphatic carbocycles. The van der Waals surface area contributed by atoms with Gasteiger partial charge in [0.05, 0.1) is 0 Å². The van der Waals surface area contributed by atoms with E-state index >= 15 is 0 Å². The lowest BCUT2D eigenvalue weighted by atomic mass is 10.1. The molecule has 0 unspecified atom stereocenters. The van der Waals surface area contributed by atoms with Crippen LogP contribution in [0.2, 0.25) is 0 Å². The normalized spacial score (nSPS) is 10.8. The molecule has 2 aromatic carbocycles. The van der Waals surface area contributed by atoms with Crippen LogP contribution in [0.4, 0.5) is 0 Å². The summed E-state index contributed by atoms with van der Waals surface area (Å²) in [7, 11) is 0. The first-order valence-corrected chi connectivity index (χ1v) is 5.85. The van der Waals surface area contributed by atoms with E-state index in [-0.39, 0.29) is 16.7 Å². The van der Waals surface area contributed by atoms with E-state index in [9.17, 15) is 20.1 Å². The first kappa shape index (κ1) is 12.1. The molecule has 0 saturated heterocycles. The van der Waals surface area contributed by atoms with Crippen LogP contribution >= 0.6 is 0 Å². The van der Waals surface area contributed by atoms with Crippen LogP contribution in [0.1, 0.15) is 0 Å². The highest BCUT2D eigenvalue weighted by molar-refractivity contribution is 5.91. The van der Waals surface area contributed by atoms with Gasteiger partial charge in [0.15, 0.2) is 28.3 Å².